The predicted octanol–water partition coefficient (Wildman–Crippen LogP) is 3.58. The highest BCUT2D eigenvalue weighted by molar-refractivity contribution is 5.92. The van der Waals surface area contributed by atoms with Crippen LogP contribution in [0.25, 0.3) is 0 Å². The molecule has 0 aliphatic heterocycles. The fourth-order valence-electron chi connectivity index (χ4n) is 2.10. The molecule has 0 saturated heterocycles. The van der Waals surface area contributed by atoms with Crippen LogP contribution in [-0.4, -0.2) is 36.0 Å². The van der Waals surface area contributed by atoms with Gasteiger partial charge in [-0.25, -0.2) is 0 Å². The third kappa shape index (κ3) is 5.87. The summed E-state index contributed by atoms with van der Waals surface area (Å²) in [4.78, 5) is 12.1. The number of nitrogens with zero attached hydrogens (tertiary/aromatic N) is 2. The Hall–Kier alpha value is -2.76. The minimum atomic E-state index is -4.68. The van der Waals surface area contributed by atoms with E-state index in [0.717, 1.165) is 23.0 Å². The van der Waals surface area contributed by atoms with Crippen LogP contribution in [0.2, 0.25) is 0 Å². The zero-order valence-electron chi connectivity index (χ0n) is 14.4. The molecule has 0 spiro atoms. The number of ether oxygens (including phenoxy) is 2. The first kappa shape index (κ1) is 21.5. The molecule has 1 amide bonds. The zero-order valence-corrected chi connectivity index (χ0v) is 14.4. The minimum absolute atomic E-state index is 0.0127. The first-order chi connectivity index (χ1) is 13.0. The Labute approximate surface area is 155 Å². The highest BCUT2D eigenvalue weighted by Gasteiger charge is 2.34. The highest BCUT2D eigenvalue weighted by atomic mass is 19.4. The maximum Gasteiger partial charge on any atom is 0.435 e. The smallest absolute Gasteiger partial charge is 0.435 e. The summed E-state index contributed by atoms with van der Waals surface area (Å²) in [7, 11) is 1.40. The summed E-state index contributed by atoms with van der Waals surface area (Å²) in [5, 5.41) is 5.41. The van der Waals surface area contributed by atoms with E-state index in [9.17, 15) is 31.1 Å². The van der Waals surface area contributed by atoms with E-state index < -0.39 is 36.1 Å². The molecule has 0 radical (unpaired) electrons. The highest BCUT2D eigenvalue weighted by Crippen LogP contribution is 2.35. The summed E-state index contributed by atoms with van der Waals surface area (Å²) in [5.74, 6) is -0.928. The second-order valence-electron chi connectivity index (χ2n) is 5.49. The molecule has 0 aliphatic carbocycles. The van der Waals surface area contributed by atoms with Crippen LogP contribution >= 0.6 is 0 Å². The van der Waals surface area contributed by atoms with E-state index >= 15 is 0 Å². The molecule has 0 atom stereocenters. The number of aromatic nitrogens is 2. The van der Waals surface area contributed by atoms with Crippen molar-refractivity contribution in [2.45, 2.75) is 18.9 Å². The summed E-state index contributed by atoms with van der Waals surface area (Å²) in [6.07, 6.45) is -8.40. The number of anilines is 1. The van der Waals surface area contributed by atoms with Crippen LogP contribution in [0.1, 0.15) is 11.3 Å². The molecule has 12 heteroatoms. The number of hydrogen-bond donors (Lipinski definition) is 1. The second-order valence-corrected chi connectivity index (χ2v) is 5.49. The molecule has 0 saturated carbocycles. The molecule has 1 aromatic carbocycles. The van der Waals surface area contributed by atoms with Gasteiger partial charge in [0.25, 0.3) is 0 Å². The lowest BCUT2D eigenvalue weighted by molar-refractivity contribution is -0.141. The number of carbonyl (C=O) groups is 1. The number of hydrogen-bond acceptors (Lipinski definition) is 4. The summed E-state index contributed by atoms with van der Waals surface area (Å²) < 4.78 is 87.1. The van der Waals surface area contributed by atoms with Crippen molar-refractivity contribution in [2.75, 3.05) is 25.6 Å². The van der Waals surface area contributed by atoms with Crippen molar-refractivity contribution in [1.82, 2.24) is 9.78 Å². The van der Waals surface area contributed by atoms with Gasteiger partial charge < -0.3 is 14.8 Å². The maximum absolute atomic E-state index is 12.9. The third-order valence-electron chi connectivity index (χ3n) is 3.36. The standard InChI is InChI=1S/C16H15F6N3O3/c1-27-6-7-28-12-3-2-10(15(17,18)19)8-11(12)23-14(26)9-25-5-4-13(24-25)16(20,21)22/h2-5,8H,6-7,9H2,1H3,(H,23,26). The summed E-state index contributed by atoms with van der Waals surface area (Å²) in [5.41, 5.74) is -2.50. The van der Waals surface area contributed by atoms with Gasteiger partial charge in [-0.2, -0.15) is 31.4 Å². The van der Waals surface area contributed by atoms with Gasteiger partial charge in [-0.1, -0.05) is 0 Å². The van der Waals surface area contributed by atoms with Crippen LogP contribution in [-0.2, 0) is 28.4 Å². The van der Waals surface area contributed by atoms with Crippen molar-refractivity contribution in [3.8, 4) is 5.75 Å². The van der Waals surface area contributed by atoms with Crippen molar-refractivity contribution in [1.29, 1.82) is 0 Å². The Kier molecular flexibility index (Phi) is 6.54. The molecule has 28 heavy (non-hydrogen) atoms. The minimum Gasteiger partial charge on any atom is -0.489 e. The lowest BCUT2D eigenvalue weighted by Crippen LogP contribution is -2.21. The van der Waals surface area contributed by atoms with Gasteiger partial charge in [0.05, 0.1) is 17.9 Å². The van der Waals surface area contributed by atoms with Gasteiger partial charge in [0.1, 0.15) is 18.9 Å². The number of benzene rings is 1. The Morgan fingerprint density at radius 3 is 2.39 bits per heavy atom. The molecule has 0 aliphatic rings. The SMILES string of the molecule is COCCOc1ccc(C(F)(F)F)cc1NC(=O)Cn1ccc(C(F)(F)F)n1. The van der Waals surface area contributed by atoms with Gasteiger partial charge in [-0.15, -0.1) is 0 Å². The monoisotopic (exact) mass is 411 g/mol. The number of carbonyl (C=O) groups excluding carboxylic acids is 1. The first-order valence-electron chi connectivity index (χ1n) is 7.74. The van der Waals surface area contributed by atoms with Gasteiger partial charge in [0.2, 0.25) is 5.91 Å². The van der Waals surface area contributed by atoms with Gasteiger partial charge >= 0.3 is 12.4 Å². The van der Waals surface area contributed by atoms with Crippen molar-refractivity contribution in [3.63, 3.8) is 0 Å². The number of alkyl halides is 6. The molecule has 0 bridgehead atoms. The van der Waals surface area contributed by atoms with Gasteiger partial charge in [0.15, 0.2) is 5.69 Å². The van der Waals surface area contributed by atoms with Crippen LogP contribution in [0.3, 0.4) is 0 Å². The van der Waals surface area contributed by atoms with Crippen LogP contribution < -0.4 is 10.1 Å². The topological polar surface area (TPSA) is 65.4 Å². The lowest BCUT2D eigenvalue weighted by atomic mass is 10.1. The van der Waals surface area contributed by atoms with E-state index in [1.165, 1.54) is 7.11 Å². The zero-order chi connectivity index (χ0) is 20.9. The average molecular weight is 411 g/mol. The Morgan fingerprint density at radius 2 is 1.82 bits per heavy atom. The Balaban J connectivity index is 2.17. The summed E-state index contributed by atoms with van der Waals surface area (Å²) in [6, 6.07) is 3.16. The van der Waals surface area contributed by atoms with Crippen molar-refractivity contribution >= 4 is 11.6 Å². The number of halogens is 6. The van der Waals surface area contributed by atoms with E-state index in [0.29, 0.717) is 12.1 Å². The lowest BCUT2D eigenvalue weighted by Gasteiger charge is -2.15. The number of nitrogens with one attached hydrogen (secondary N) is 1. The van der Waals surface area contributed by atoms with E-state index in [2.05, 4.69) is 10.4 Å². The molecule has 6 nitrogen and oxygen atoms in total. The quantitative estimate of drug-likeness (QED) is 0.559. The second kappa shape index (κ2) is 8.50. The number of methoxy groups -OCH3 is 1. The van der Waals surface area contributed by atoms with Crippen LogP contribution in [0.5, 0.6) is 5.75 Å². The van der Waals surface area contributed by atoms with E-state index in [4.69, 9.17) is 9.47 Å². The van der Waals surface area contributed by atoms with Crippen molar-refractivity contribution in [3.05, 3.63) is 41.7 Å². The molecular formula is C16H15F6N3O3. The van der Waals surface area contributed by atoms with Crippen LogP contribution in [0, 0.1) is 0 Å². The first-order valence-corrected chi connectivity index (χ1v) is 7.74. The Morgan fingerprint density at radius 1 is 1.11 bits per heavy atom. The van der Waals surface area contributed by atoms with Gasteiger partial charge in [0, 0.05) is 13.3 Å². The number of rotatable bonds is 7. The number of amides is 1. The molecule has 2 aromatic rings. The Bertz CT molecular complexity index is 817. The molecule has 0 unspecified atom stereocenters. The molecule has 154 valence electrons. The van der Waals surface area contributed by atoms with E-state index in [-0.39, 0.29) is 24.7 Å². The normalized spacial score (nSPS) is 12.1. The van der Waals surface area contributed by atoms with Crippen LogP contribution in [0.15, 0.2) is 30.5 Å². The molecule has 0 fully saturated rings. The van der Waals surface area contributed by atoms with E-state index in [1.807, 2.05) is 0 Å². The average Bonchev–Trinajstić information content (AvgIpc) is 3.04. The third-order valence-corrected chi connectivity index (χ3v) is 3.36. The molecule has 1 heterocycles. The summed E-state index contributed by atoms with van der Waals surface area (Å²) >= 11 is 0. The van der Waals surface area contributed by atoms with E-state index in [1.54, 1.807) is 0 Å². The molecule has 2 rings (SSSR count). The summed E-state index contributed by atoms with van der Waals surface area (Å²) in [6.45, 7) is -0.468. The van der Waals surface area contributed by atoms with Crippen molar-refractivity contribution < 1.29 is 40.6 Å². The fourth-order valence-corrected chi connectivity index (χ4v) is 2.10. The molecule has 1 N–H and O–H groups in total. The van der Waals surface area contributed by atoms with Gasteiger partial charge in [-0.05, 0) is 24.3 Å². The largest absolute Gasteiger partial charge is 0.489 e. The fraction of sp³-hybridized carbons (Fsp3) is 0.375. The van der Waals surface area contributed by atoms with Crippen molar-refractivity contribution in [2.24, 2.45) is 0 Å². The molecular weight excluding hydrogens is 396 g/mol. The van der Waals surface area contributed by atoms with Crippen LogP contribution in [0.4, 0.5) is 32.0 Å². The maximum atomic E-state index is 12.9. The molecule has 1 aromatic heterocycles. The predicted molar refractivity (Wildman–Crippen MR) is 84.7 cm³/mol. The van der Waals surface area contributed by atoms with Gasteiger partial charge in [-0.3, -0.25) is 9.48 Å².